The Kier molecular flexibility index (Phi) is 29.9. The molecule has 0 fully saturated rings. The Balaban J connectivity index is 3.95. The summed E-state index contributed by atoms with van der Waals surface area (Å²) in [6, 6.07) is -1.01. The molecule has 0 aliphatic heterocycles. The van der Waals surface area contributed by atoms with Crippen LogP contribution in [0.5, 0.6) is 0 Å². The number of amides is 1. The second-order valence-corrected chi connectivity index (χ2v) is 11.8. The van der Waals surface area contributed by atoms with Crippen LogP contribution in [-0.2, 0) is 4.79 Å². The largest absolute Gasteiger partial charge is 0.394 e. The molecular weight excluding hydrogens is 526 g/mol. The number of carbonyl (C=O) groups is 1. The molecule has 0 aliphatic carbocycles. The Bertz CT molecular complexity index is 678. The van der Waals surface area contributed by atoms with E-state index >= 15 is 0 Å². The Hall–Kier alpha value is -1.47. The number of hydrogen-bond acceptors (Lipinski definition) is 5. The van der Waals surface area contributed by atoms with Gasteiger partial charge in [-0.3, -0.25) is 4.79 Å². The highest BCUT2D eigenvalue weighted by Gasteiger charge is 2.28. The van der Waals surface area contributed by atoms with Crippen molar-refractivity contribution in [2.45, 2.75) is 179 Å². The first-order valence-electron chi connectivity index (χ1n) is 17.4. The molecular formula is C36H67NO5. The average Bonchev–Trinajstić information content (AvgIpc) is 2.99. The van der Waals surface area contributed by atoms with Crippen molar-refractivity contribution in [2.24, 2.45) is 0 Å². The Morgan fingerprint density at radius 2 is 1.02 bits per heavy atom. The molecule has 0 aromatic carbocycles. The van der Waals surface area contributed by atoms with Crippen LogP contribution in [0.1, 0.15) is 155 Å². The zero-order valence-corrected chi connectivity index (χ0v) is 27.2. The van der Waals surface area contributed by atoms with Gasteiger partial charge in [0.25, 0.3) is 0 Å². The monoisotopic (exact) mass is 594 g/mol. The standard InChI is InChI=1S/C36H67NO5/c1-3-5-7-9-11-13-15-17-18-20-21-23-25-27-29-33(39)35(41)32(31-38)37-36(42)34(40)30-28-26-24-22-19-16-14-12-10-8-6-4-2/h7,9,15,17,21,23,32-35,38-41H,3-6,8,10-14,16,18-20,22,24-31H2,1-2H3,(H,37,42)/b9-7+,17-15+,23-21+. The van der Waals surface area contributed by atoms with Gasteiger partial charge in [0.05, 0.1) is 18.8 Å². The summed E-state index contributed by atoms with van der Waals surface area (Å²) in [5.74, 6) is -0.603. The van der Waals surface area contributed by atoms with E-state index in [4.69, 9.17) is 0 Å². The van der Waals surface area contributed by atoms with Gasteiger partial charge in [0.1, 0.15) is 12.2 Å². The number of aliphatic hydroxyl groups excluding tert-OH is 4. The van der Waals surface area contributed by atoms with Crippen molar-refractivity contribution >= 4 is 5.91 Å². The summed E-state index contributed by atoms with van der Waals surface area (Å²) in [6.45, 7) is 3.93. The van der Waals surface area contributed by atoms with Crippen LogP contribution in [0, 0.1) is 0 Å². The number of unbranched alkanes of at least 4 members (excludes halogenated alkanes) is 15. The van der Waals surface area contributed by atoms with Crippen molar-refractivity contribution in [2.75, 3.05) is 6.61 Å². The van der Waals surface area contributed by atoms with Crippen LogP contribution in [0.3, 0.4) is 0 Å². The molecule has 0 spiro atoms. The lowest BCUT2D eigenvalue weighted by Crippen LogP contribution is -2.53. The van der Waals surface area contributed by atoms with Gasteiger partial charge in [-0.05, 0) is 57.8 Å². The first-order chi connectivity index (χ1) is 20.5. The molecule has 5 N–H and O–H groups in total. The Morgan fingerprint density at radius 1 is 0.571 bits per heavy atom. The summed E-state index contributed by atoms with van der Waals surface area (Å²) in [5, 5.41) is 43.3. The van der Waals surface area contributed by atoms with E-state index in [1.807, 2.05) is 0 Å². The molecule has 6 nitrogen and oxygen atoms in total. The molecule has 0 aromatic heterocycles. The highest BCUT2D eigenvalue weighted by molar-refractivity contribution is 5.80. The van der Waals surface area contributed by atoms with Gasteiger partial charge in [-0.2, -0.15) is 0 Å². The van der Waals surface area contributed by atoms with Crippen molar-refractivity contribution in [1.29, 1.82) is 0 Å². The molecule has 0 saturated heterocycles. The summed E-state index contributed by atoms with van der Waals surface area (Å²) in [6.07, 6.45) is 33.0. The summed E-state index contributed by atoms with van der Waals surface area (Å²) < 4.78 is 0. The van der Waals surface area contributed by atoms with Crippen LogP contribution in [0.4, 0.5) is 0 Å². The zero-order chi connectivity index (χ0) is 31.1. The minimum Gasteiger partial charge on any atom is -0.394 e. The van der Waals surface area contributed by atoms with Gasteiger partial charge >= 0.3 is 0 Å². The third kappa shape index (κ3) is 25.1. The van der Waals surface area contributed by atoms with Gasteiger partial charge in [0.2, 0.25) is 5.91 Å². The lowest BCUT2D eigenvalue weighted by Gasteiger charge is -2.27. The fraction of sp³-hybridized carbons (Fsp3) is 0.806. The van der Waals surface area contributed by atoms with E-state index in [0.717, 1.165) is 57.8 Å². The highest BCUT2D eigenvalue weighted by Crippen LogP contribution is 2.14. The van der Waals surface area contributed by atoms with Gasteiger partial charge in [-0.25, -0.2) is 0 Å². The van der Waals surface area contributed by atoms with Gasteiger partial charge in [0.15, 0.2) is 0 Å². The summed E-state index contributed by atoms with van der Waals surface area (Å²) in [7, 11) is 0. The van der Waals surface area contributed by atoms with Gasteiger partial charge < -0.3 is 25.7 Å². The fourth-order valence-electron chi connectivity index (χ4n) is 4.97. The maximum atomic E-state index is 12.4. The molecule has 0 aromatic rings. The molecule has 0 saturated carbocycles. The lowest BCUT2D eigenvalue weighted by molar-refractivity contribution is -0.132. The third-order valence-electron chi connectivity index (χ3n) is 7.79. The molecule has 1 amide bonds. The van der Waals surface area contributed by atoms with E-state index in [9.17, 15) is 25.2 Å². The Morgan fingerprint density at radius 3 is 1.50 bits per heavy atom. The van der Waals surface area contributed by atoms with E-state index in [1.165, 1.54) is 64.2 Å². The molecule has 42 heavy (non-hydrogen) atoms. The zero-order valence-electron chi connectivity index (χ0n) is 27.2. The SMILES string of the molecule is CCC/C=C/CC/C=C/CC/C=C/CCCC(O)C(O)C(CO)NC(=O)C(O)CCCCCCCCCCCCCC. The summed E-state index contributed by atoms with van der Waals surface area (Å²) in [4.78, 5) is 12.4. The molecule has 0 radical (unpaired) electrons. The smallest absolute Gasteiger partial charge is 0.249 e. The van der Waals surface area contributed by atoms with Crippen LogP contribution in [0.15, 0.2) is 36.5 Å². The molecule has 246 valence electrons. The van der Waals surface area contributed by atoms with Gasteiger partial charge in [-0.1, -0.05) is 134 Å². The van der Waals surface area contributed by atoms with Gasteiger partial charge in [0, 0.05) is 0 Å². The van der Waals surface area contributed by atoms with Crippen LogP contribution in [0.2, 0.25) is 0 Å². The number of nitrogens with one attached hydrogen (secondary N) is 1. The van der Waals surface area contributed by atoms with Gasteiger partial charge in [-0.15, -0.1) is 0 Å². The van der Waals surface area contributed by atoms with E-state index in [2.05, 4.69) is 55.6 Å². The Labute approximate surface area is 258 Å². The molecule has 4 unspecified atom stereocenters. The van der Waals surface area contributed by atoms with Crippen LogP contribution >= 0.6 is 0 Å². The molecule has 0 heterocycles. The van der Waals surface area contributed by atoms with E-state index in [0.29, 0.717) is 19.3 Å². The highest BCUT2D eigenvalue weighted by atomic mass is 16.3. The topological polar surface area (TPSA) is 110 Å². The summed E-state index contributed by atoms with van der Waals surface area (Å²) in [5.41, 5.74) is 0. The predicted octanol–water partition coefficient (Wildman–Crippen LogP) is 7.84. The second kappa shape index (κ2) is 31.0. The molecule has 0 aliphatic rings. The average molecular weight is 594 g/mol. The van der Waals surface area contributed by atoms with Crippen molar-refractivity contribution in [3.63, 3.8) is 0 Å². The summed E-state index contributed by atoms with van der Waals surface area (Å²) >= 11 is 0. The first kappa shape index (κ1) is 40.5. The molecule has 0 rings (SSSR count). The fourth-order valence-corrected chi connectivity index (χ4v) is 4.97. The van der Waals surface area contributed by atoms with E-state index in [-0.39, 0.29) is 0 Å². The lowest BCUT2D eigenvalue weighted by atomic mass is 10.00. The minimum absolute atomic E-state index is 0.360. The first-order valence-corrected chi connectivity index (χ1v) is 17.4. The molecule has 6 heteroatoms. The normalized spacial score (nSPS) is 15.1. The van der Waals surface area contributed by atoms with E-state index < -0.39 is 36.9 Å². The second-order valence-electron chi connectivity index (χ2n) is 11.8. The molecule has 4 atom stereocenters. The number of carbonyl (C=O) groups excluding carboxylic acids is 1. The van der Waals surface area contributed by atoms with Crippen molar-refractivity contribution in [3.05, 3.63) is 36.5 Å². The van der Waals surface area contributed by atoms with Crippen molar-refractivity contribution < 1.29 is 25.2 Å². The molecule has 0 bridgehead atoms. The number of aliphatic hydroxyl groups is 4. The van der Waals surface area contributed by atoms with Crippen LogP contribution in [-0.4, -0.2) is 57.3 Å². The minimum atomic E-state index is -1.29. The van der Waals surface area contributed by atoms with Crippen LogP contribution < -0.4 is 5.32 Å². The quantitative estimate of drug-likeness (QED) is 0.0431. The maximum Gasteiger partial charge on any atom is 0.249 e. The van der Waals surface area contributed by atoms with Crippen molar-refractivity contribution in [1.82, 2.24) is 5.32 Å². The number of allylic oxidation sites excluding steroid dienone is 6. The number of rotatable bonds is 30. The van der Waals surface area contributed by atoms with E-state index in [1.54, 1.807) is 0 Å². The van der Waals surface area contributed by atoms with Crippen LogP contribution in [0.25, 0.3) is 0 Å². The number of hydrogen-bond donors (Lipinski definition) is 5. The van der Waals surface area contributed by atoms with Crippen molar-refractivity contribution in [3.8, 4) is 0 Å². The predicted molar refractivity (Wildman–Crippen MR) is 177 cm³/mol. The maximum absolute atomic E-state index is 12.4. The third-order valence-corrected chi connectivity index (χ3v) is 7.79.